The first-order valence-electron chi connectivity index (χ1n) is 7.20. The molecule has 0 spiro atoms. The zero-order chi connectivity index (χ0) is 14.6. The highest BCUT2D eigenvalue weighted by Gasteiger charge is 1.98. The van der Waals surface area contributed by atoms with Gasteiger partial charge < -0.3 is 10.6 Å². The first kappa shape index (κ1) is 16.8. The van der Waals surface area contributed by atoms with E-state index >= 15 is 0 Å². The van der Waals surface area contributed by atoms with Crippen molar-refractivity contribution in [3.63, 3.8) is 0 Å². The highest BCUT2D eigenvalue weighted by molar-refractivity contribution is 7.98. The van der Waals surface area contributed by atoms with Crippen molar-refractivity contribution in [3.8, 4) is 0 Å². The molecule has 0 aliphatic rings. The Kier molecular flexibility index (Phi) is 8.87. The summed E-state index contributed by atoms with van der Waals surface area (Å²) in [7, 11) is 0. The van der Waals surface area contributed by atoms with Crippen molar-refractivity contribution < 1.29 is 0 Å². The Labute approximate surface area is 126 Å². The van der Waals surface area contributed by atoms with Gasteiger partial charge in [0.25, 0.3) is 0 Å². The van der Waals surface area contributed by atoms with Crippen LogP contribution in [0.25, 0.3) is 0 Å². The molecule has 2 N–H and O–H groups in total. The number of thioether (sulfide) groups is 1. The van der Waals surface area contributed by atoms with E-state index in [0.717, 1.165) is 30.4 Å². The van der Waals surface area contributed by atoms with E-state index in [1.54, 1.807) is 0 Å². The third-order valence-corrected chi connectivity index (χ3v) is 3.45. The van der Waals surface area contributed by atoms with Gasteiger partial charge >= 0.3 is 0 Å². The largest absolute Gasteiger partial charge is 0.357 e. The van der Waals surface area contributed by atoms with Gasteiger partial charge in [0.15, 0.2) is 5.96 Å². The molecule has 0 fully saturated rings. The first-order chi connectivity index (χ1) is 9.76. The lowest BCUT2D eigenvalue weighted by molar-refractivity contribution is 0.733. The van der Waals surface area contributed by atoms with Crippen LogP contribution in [-0.2, 0) is 6.54 Å². The van der Waals surface area contributed by atoms with Crippen LogP contribution in [0.5, 0.6) is 0 Å². The van der Waals surface area contributed by atoms with Gasteiger partial charge in [0, 0.05) is 18.8 Å². The molecule has 5 heteroatoms. The molecule has 0 atom stereocenters. The van der Waals surface area contributed by atoms with E-state index in [4.69, 9.17) is 0 Å². The molecule has 112 valence electrons. The second-order valence-corrected chi connectivity index (χ2v) is 5.58. The van der Waals surface area contributed by atoms with Crippen molar-refractivity contribution in [2.75, 3.05) is 25.1 Å². The number of nitrogens with one attached hydrogen (secondary N) is 2. The van der Waals surface area contributed by atoms with E-state index in [1.165, 1.54) is 18.6 Å². The summed E-state index contributed by atoms with van der Waals surface area (Å²) in [6.45, 7) is 6.53. The van der Waals surface area contributed by atoms with E-state index < -0.39 is 0 Å². The number of guanidine groups is 1. The molecule has 0 amide bonds. The zero-order valence-electron chi connectivity index (χ0n) is 12.8. The van der Waals surface area contributed by atoms with Crippen molar-refractivity contribution in [3.05, 3.63) is 29.6 Å². The number of hydrogen-bond donors (Lipinski definition) is 2. The molecule has 0 bridgehead atoms. The van der Waals surface area contributed by atoms with Crippen molar-refractivity contribution >= 4 is 17.7 Å². The van der Waals surface area contributed by atoms with E-state index in [2.05, 4.69) is 33.8 Å². The molecule has 1 aromatic rings. The second kappa shape index (κ2) is 10.5. The lowest BCUT2D eigenvalue weighted by atomic mass is 10.3. The number of nitrogens with zero attached hydrogens (tertiary/aromatic N) is 2. The molecular formula is C15H26N4S. The average molecular weight is 294 g/mol. The Balaban J connectivity index is 2.41. The molecule has 0 saturated heterocycles. The topological polar surface area (TPSA) is 49.3 Å². The fourth-order valence-corrected chi connectivity index (χ4v) is 2.26. The molecular weight excluding hydrogens is 268 g/mol. The summed E-state index contributed by atoms with van der Waals surface area (Å²) >= 11 is 1.90. The Morgan fingerprint density at radius 2 is 2.15 bits per heavy atom. The Morgan fingerprint density at radius 3 is 2.85 bits per heavy atom. The molecule has 0 aliphatic heterocycles. The lowest BCUT2D eigenvalue weighted by Crippen LogP contribution is -2.37. The van der Waals surface area contributed by atoms with Crippen molar-refractivity contribution in [1.29, 1.82) is 0 Å². The zero-order valence-corrected chi connectivity index (χ0v) is 13.6. The van der Waals surface area contributed by atoms with Crippen LogP contribution in [0, 0.1) is 6.92 Å². The number of pyridine rings is 1. The molecule has 0 aromatic carbocycles. The summed E-state index contributed by atoms with van der Waals surface area (Å²) in [6, 6.07) is 6.04. The number of rotatable bonds is 8. The quantitative estimate of drug-likeness (QED) is 0.439. The lowest BCUT2D eigenvalue weighted by Gasteiger charge is -2.11. The molecule has 0 saturated carbocycles. The Morgan fingerprint density at radius 1 is 1.30 bits per heavy atom. The first-order valence-corrected chi connectivity index (χ1v) is 8.59. The third-order valence-electron chi connectivity index (χ3n) is 2.76. The van der Waals surface area contributed by atoms with E-state index in [-0.39, 0.29) is 0 Å². The van der Waals surface area contributed by atoms with Gasteiger partial charge in [-0.25, -0.2) is 4.99 Å². The smallest absolute Gasteiger partial charge is 0.191 e. The minimum Gasteiger partial charge on any atom is -0.357 e. The summed E-state index contributed by atoms with van der Waals surface area (Å²) in [4.78, 5) is 9.03. The molecule has 1 rings (SSSR count). The Hall–Kier alpha value is -1.23. The molecule has 0 unspecified atom stereocenters. The standard InChI is InChI=1S/C15H26N4S/c1-4-16-15(17-10-5-6-11-20-3)18-12-14-9-7-8-13(2)19-14/h7-9H,4-6,10-12H2,1-3H3,(H2,16,17,18). The van der Waals surface area contributed by atoms with Gasteiger partial charge in [-0.15, -0.1) is 0 Å². The monoisotopic (exact) mass is 294 g/mol. The highest BCUT2D eigenvalue weighted by atomic mass is 32.2. The second-order valence-electron chi connectivity index (χ2n) is 4.59. The van der Waals surface area contributed by atoms with Crippen LogP contribution in [0.3, 0.4) is 0 Å². The summed E-state index contributed by atoms with van der Waals surface area (Å²) in [5.74, 6) is 2.10. The highest BCUT2D eigenvalue weighted by Crippen LogP contribution is 2.00. The number of aromatic nitrogens is 1. The van der Waals surface area contributed by atoms with Crippen LogP contribution in [0.1, 0.15) is 31.2 Å². The fourth-order valence-electron chi connectivity index (χ4n) is 1.77. The minimum atomic E-state index is 0.613. The molecule has 20 heavy (non-hydrogen) atoms. The molecule has 1 aromatic heterocycles. The van der Waals surface area contributed by atoms with Crippen molar-refractivity contribution in [2.45, 2.75) is 33.2 Å². The molecule has 4 nitrogen and oxygen atoms in total. The predicted octanol–water partition coefficient (Wildman–Crippen LogP) is 2.59. The average Bonchev–Trinajstić information content (AvgIpc) is 2.44. The predicted molar refractivity (Wildman–Crippen MR) is 89.4 cm³/mol. The van der Waals surface area contributed by atoms with Gasteiger partial charge in [-0.2, -0.15) is 11.8 Å². The van der Waals surface area contributed by atoms with Gasteiger partial charge in [0.2, 0.25) is 0 Å². The number of aryl methyl sites for hydroxylation is 1. The molecule has 0 aliphatic carbocycles. The van der Waals surface area contributed by atoms with Gasteiger partial charge in [0.05, 0.1) is 12.2 Å². The van der Waals surface area contributed by atoms with Gasteiger partial charge in [-0.1, -0.05) is 6.07 Å². The van der Waals surface area contributed by atoms with Crippen LogP contribution in [-0.4, -0.2) is 36.0 Å². The summed E-state index contributed by atoms with van der Waals surface area (Å²) in [5, 5.41) is 6.63. The summed E-state index contributed by atoms with van der Waals surface area (Å²) in [5.41, 5.74) is 2.04. The van der Waals surface area contributed by atoms with E-state index in [1.807, 2.05) is 36.9 Å². The van der Waals surface area contributed by atoms with Crippen molar-refractivity contribution in [1.82, 2.24) is 15.6 Å². The van der Waals surface area contributed by atoms with Crippen LogP contribution in [0.2, 0.25) is 0 Å². The third kappa shape index (κ3) is 7.38. The molecule has 1 heterocycles. The van der Waals surface area contributed by atoms with E-state index in [9.17, 15) is 0 Å². The van der Waals surface area contributed by atoms with E-state index in [0.29, 0.717) is 6.54 Å². The normalized spacial score (nSPS) is 11.4. The summed E-state index contributed by atoms with van der Waals surface area (Å²) in [6.07, 6.45) is 4.56. The van der Waals surface area contributed by atoms with Gasteiger partial charge in [-0.05, 0) is 50.8 Å². The maximum atomic E-state index is 4.57. The van der Waals surface area contributed by atoms with Crippen LogP contribution < -0.4 is 10.6 Å². The van der Waals surface area contributed by atoms with Gasteiger partial charge in [0.1, 0.15) is 0 Å². The maximum absolute atomic E-state index is 4.57. The fraction of sp³-hybridized carbons (Fsp3) is 0.600. The SMILES string of the molecule is CCNC(=NCc1cccc(C)n1)NCCCCSC. The minimum absolute atomic E-state index is 0.613. The summed E-state index contributed by atoms with van der Waals surface area (Å²) < 4.78 is 0. The van der Waals surface area contributed by atoms with Crippen molar-refractivity contribution in [2.24, 2.45) is 4.99 Å². The van der Waals surface area contributed by atoms with Gasteiger partial charge in [-0.3, -0.25) is 4.98 Å². The molecule has 0 radical (unpaired) electrons. The van der Waals surface area contributed by atoms with Crippen LogP contribution in [0.4, 0.5) is 0 Å². The van der Waals surface area contributed by atoms with Crippen LogP contribution >= 0.6 is 11.8 Å². The number of aliphatic imine (C=N–C) groups is 1. The Bertz CT molecular complexity index is 407. The number of hydrogen-bond acceptors (Lipinski definition) is 3. The maximum Gasteiger partial charge on any atom is 0.191 e. The van der Waals surface area contributed by atoms with Crippen LogP contribution in [0.15, 0.2) is 23.2 Å². The number of unbranched alkanes of at least 4 members (excludes halogenated alkanes) is 1.